The molecule has 0 bridgehead atoms. The number of fused-ring (bicyclic) bond motifs is 1. The van der Waals surface area contributed by atoms with Crippen molar-refractivity contribution in [2.45, 2.75) is 51.5 Å². The lowest BCUT2D eigenvalue weighted by Gasteiger charge is -2.46. The van der Waals surface area contributed by atoms with E-state index in [0.717, 1.165) is 41.8 Å². The molecule has 1 saturated carbocycles. The number of Topliss-reactive ketones (excluding diaryl/α,β-unsaturated/α-hetero) is 1. The van der Waals surface area contributed by atoms with Crippen LogP contribution in [-0.4, -0.2) is 58.0 Å². The van der Waals surface area contributed by atoms with Crippen molar-refractivity contribution in [1.29, 1.82) is 0 Å². The average molecular weight is 397 g/mol. The molecule has 2 heterocycles. The van der Waals surface area contributed by atoms with Gasteiger partial charge >= 0.3 is 0 Å². The topological polar surface area (TPSA) is 78.4 Å². The molecule has 0 atom stereocenters. The van der Waals surface area contributed by atoms with Crippen molar-refractivity contribution in [1.82, 2.24) is 14.9 Å². The van der Waals surface area contributed by atoms with Gasteiger partial charge in [-0.25, -0.2) is 9.97 Å². The van der Waals surface area contributed by atoms with E-state index in [1.807, 2.05) is 19.1 Å². The molecular formula is C23H32N4O2. The highest BCUT2D eigenvalue weighted by Crippen LogP contribution is 2.33. The monoisotopic (exact) mass is 396 g/mol. The van der Waals surface area contributed by atoms with E-state index in [1.54, 1.807) is 6.33 Å². The van der Waals surface area contributed by atoms with Gasteiger partial charge in [0.2, 0.25) is 0 Å². The molecule has 156 valence electrons. The third-order valence-corrected chi connectivity index (χ3v) is 6.62. The Morgan fingerprint density at radius 3 is 2.72 bits per heavy atom. The summed E-state index contributed by atoms with van der Waals surface area (Å²) in [6, 6.07) is 6.76. The molecule has 1 aromatic carbocycles. The minimum atomic E-state index is 0.251. The van der Waals surface area contributed by atoms with Crippen LogP contribution in [0.2, 0.25) is 0 Å². The molecule has 29 heavy (non-hydrogen) atoms. The lowest BCUT2D eigenvalue weighted by molar-refractivity contribution is -0.120. The number of hydrogen-bond donors (Lipinski definition) is 2. The van der Waals surface area contributed by atoms with E-state index < -0.39 is 0 Å². The van der Waals surface area contributed by atoms with Crippen LogP contribution >= 0.6 is 0 Å². The van der Waals surface area contributed by atoms with Gasteiger partial charge in [0.1, 0.15) is 12.1 Å². The molecule has 0 amide bonds. The largest absolute Gasteiger partial charge is 0.396 e. The average Bonchev–Trinajstić information content (AvgIpc) is 2.70. The van der Waals surface area contributed by atoms with E-state index in [4.69, 9.17) is 5.11 Å². The predicted molar refractivity (Wildman–Crippen MR) is 115 cm³/mol. The summed E-state index contributed by atoms with van der Waals surface area (Å²) in [6.07, 6.45) is 8.11. The number of benzene rings is 1. The van der Waals surface area contributed by atoms with Gasteiger partial charge in [0.25, 0.3) is 0 Å². The predicted octanol–water partition coefficient (Wildman–Crippen LogP) is 3.18. The van der Waals surface area contributed by atoms with Gasteiger partial charge in [0.15, 0.2) is 5.78 Å². The van der Waals surface area contributed by atoms with Gasteiger partial charge in [-0.1, -0.05) is 11.6 Å². The number of nitrogens with one attached hydrogen (secondary N) is 1. The number of likely N-dealkylation sites (tertiary alicyclic amines) is 1. The van der Waals surface area contributed by atoms with Crippen LogP contribution in [0.15, 0.2) is 24.5 Å². The molecule has 0 radical (unpaired) electrons. The van der Waals surface area contributed by atoms with Crippen molar-refractivity contribution in [3.8, 4) is 0 Å². The minimum absolute atomic E-state index is 0.251. The van der Waals surface area contributed by atoms with E-state index in [-0.39, 0.29) is 5.78 Å². The first-order valence-electron chi connectivity index (χ1n) is 10.9. The van der Waals surface area contributed by atoms with Crippen LogP contribution in [0.25, 0.3) is 10.9 Å². The van der Waals surface area contributed by atoms with Crippen LogP contribution in [0.1, 0.15) is 44.1 Å². The standard InChI is InChI=1S/C23H32N4O2/c1-16-2-7-22-21(10-16)23(26-15-25-22)24-12-20(29)11-18-13-27(14-18)19-5-3-17(4-6-19)8-9-28/h2,7,10,15,17-19,28H,3-6,8-9,11-14H2,1H3,(H,24,25,26). The Labute approximate surface area is 172 Å². The molecule has 1 saturated heterocycles. The molecule has 1 aromatic heterocycles. The second kappa shape index (κ2) is 9.18. The molecule has 2 N–H and O–H groups in total. The van der Waals surface area contributed by atoms with Crippen molar-refractivity contribution in [3.05, 3.63) is 30.1 Å². The van der Waals surface area contributed by atoms with E-state index in [2.05, 4.69) is 26.3 Å². The fourth-order valence-corrected chi connectivity index (χ4v) is 4.91. The molecule has 0 spiro atoms. The minimum Gasteiger partial charge on any atom is -0.396 e. The Morgan fingerprint density at radius 2 is 1.97 bits per heavy atom. The number of hydrogen-bond acceptors (Lipinski definition) is 6. The molecule has 6 nitrogen and oxygen atoms in total. The zero-order valence-electron chi connectivity index (χ0n) is 17.3. The first-order chi connectivity index (χ1) is 14.1. The number of aromatic nitrogens is 2. The number of carbonyl (C=O) groups excluding carboxylic acids is 1. The van der Waals surface area contributed by atoms with Crippen LogP contribution in [0.4, 0.5) is 5.82 Å². The highest BCUT2D eigenvalue weighted by molar-refractivity contribution is 5.91. The first-order valence-corrected chi connectivity index (χ1v) is 10.9. The Bertz CT molecular complexity index is 842. The number of ketones is 1. The van der Waals surface area contributed by atoms with Gasteiger partial charge in [0, 0.05) is 37.5 Å². The number of aliphatic hydroxyl groups is 1. The Morgan fingerprint density at radius 1 is 1.17 bits per heavy atom. The van der Waals surface area contributed by atoms with Crippen LogP contribution in [0, 0.1) is 18.8 Å². The second-order valence-electron chi connectivity index (χ2n) is 8.85. The zero-order chi connectivity index (χ0) is 20.2. The van der Waals surface area contributed by atoms with Crippen LogP contribution in [0.3, 0.4) is 0 Å². The van der Waals surface area contributed by atoms with E-state index in [9.17, 15) is 4.79 Å². The van der Waals surface area contributed by atoms with Gasteiger partial charge in [0.05, 0.1) is 12.1 Å². The number of anilines is 1. The lowest BCUT2D eigenvalue weighted by Crippen LogP contribution is -2.53. The highest BCUT2D eigenvalue weighted by atomic mass is 16.3. The summed E-state index contributed by atoms with van der Waals surface area (Å²) in [6.45, 7) is 4.79. The van der Waals surface area contributed by atoms with Crippen molar-refractivity contribution in [2.24, 2.45) is 11.8 Å². The summed E-state index contributed by atoms with van der Waals surface area (Å²) in [4.78, 5) is 23.7. The molecule has 2 aromatic rings. The SMILES string of the molecule is Cc1ccc2ncnc(NCC(=O)CC3CN(C4CCC(CCO)CC4)C3)c2c1. The number of aliphatic hydroxyl groups excluding tert-OH is 1. The molecule has 4 rings (SSSR count). The maximum absolute atomic E-state index is 12.5. The Balaban J connectivity index is 1.21. The second-order valence-corrected chi connectivity index (χ2v) is 8.85. The molecular weight excluding hydrogens is 364 g/mol. The van der Waals surface area contributed by atoms with Gasteiger partial charge in [-0.15, -0.1) is 0 Å². The molecule has 1 aliphatic heterocycles. The van der Waals surface area contributed by atoms with Crippen molar-refractivity contribution in [2.75, 3.05) is 31.6 Å². The Hall–Kier alpha value is -2.05. The smallest absolute Gasteiger partial charge is 0.152 e. The third-order valence-electron chi connectivity index (χ3n) is 6.62. The van der Waals surface area contributed by atoms with Crippen LogP contribution in [0.5, 0.6) is 0 Å². The summed E-state index contributed by atoms with van der Waals surface area (Å²) in [7, 11) is 0. The fourth-order valence-electron chi connectivity index (χ4n) is 4.91. The number of rotatable bonds is 8. The van der Waals surface area contributed by atoms with Gasteiger partial charge < -0.3 is 10.4 Å². The van der Waals surface area contributed by atoms with Crippen molar-refractivity contribution >= 4 is 22.5 Å². The zero-order valence-corrected chi connectivity index (χ0v) is 17.3. The van der Waals surface area contributed by atoms with Gasteiger partial charge in [-0.2, -0.15) is 0 Å². The van der Waals surface area contributed by atoms with E-state index in [0.29, 0.717) is 37.5 Å². The number of nitrogens with zero attached hydrogens (tertiary/aromatic N) is 3. The summed E-state index contributed by atoms with van der Waals surface area (Å²) in [5, 5.41) is 13.3. The summed E-state index contributed by atoms with van der Waals surface area (Å²) in [5.74, 6) is 2.19. The first kappa shape index (κ1) is 20.2. The van der Waals surface area contributed by atoms with Crippen molar-refractivity contribution in [3.63, 3.8) is 0 Å². The molecule has 6 heteroatoms. The third kappa shape index (κ3) is 4.93. The summed E-state index contributed by atoms with van der Waals surface area (Å²) < 4.78 is 0. The normalized spacial score (nSPS) is 23.1. The maximum Gasteiger partial charge on any atom is 0.152 e. The Kier molecular flexibility index (Phi) is 6.40. The number of aryl methyl sites for hydroxylation is 1. The summed E-state index contributed by atoms with van der Waals surface area (Å²) >= 11 is 0. The molecule has 2 aliphatic rings. The molecule has 0 unspecified atom stereocenters. The number of carbonyl (C=O) groups is 1. The van der Waals surface area contributed by atoms with E-state index in [1.165, 1.54) is 25.7 Å². The van der Waals surface area contributed by atoms with Crippen molar-refractivity contribution < 1.29 is 9.90 Å². The molecule has 1 aliphatic carbocycles. The fraction of sp³-hybridized carbons (Fsp3) is 0.609. The highest BCUT2D eigenvalue weighted by Gasteiger charge is 2.35. The molecule has 2 fully saturated rings. The van der Waals surface area contributed by atoms with Crippen LogP contribution < -0.4 is 5.32 Å². The lowest BCUT2D eigenvalue weighted by atomic mass is 9.81. The van der Waals surface area contributed by atoms with Crippen LogP contribution in [-0.2, 0) is 4.79 Å². The maximum atomic E-state index is 12.5. The van der Waals surface area contributed by atoms with Gasteiger partial charge in [-0.3, -0.25) is 9.69 Å². The van der Waals surface area contributed by atoms with E-state index >= 15 is 0 Å². The quantitative estimate of drug-likeness (QED) is 0.714. The van der Waals surface area contributed by atoms with Gasteiger partial charge in [-0.05, 0) is 63.0 Å². The summed E-state index contributed by atoms with van der Waals surface area (Å²) in [5.41, 5.74) is 2.05.